The number of nitrogen functional groups attached to an aromatic ring is 1. The van der Waals surface area contributed by atoms with Crippen molar-refractivity contribution < 1.29 is 31.4 Å². The summed E-state index contributed by atoms with van der Waals surface area (Å²) in [6.45, 7) is 1.17. The normalized spacial score (nSPS) is 11.6. The topological polar surface area (TPSA) is 75.3 Å². The van der Waals surface area contributed by atoms with Gasteiger partial charge in [0.25, 0.3) is 5.91 Å². The molecule has 0 atom stereocenters. The molecule has 0 radical (unpaired) electrons. The van der Waals surface area contributed by atoms with Crippen molar-refractivity contribution in [2.24, 2.45) is 0 Å². The number of carbonyl (C=O) groups excluding carboxylic acids is 1. The van der Waals surface area contributed by atoms with Crippen LogP contribution in [0.2, 0.25) is 0 Å². The van der Waals surface area contributed by atoms with Gasteiger partial charge < -0.3 is 20.1 Å². The van der Waals surface area contributed by atoms with Gasteiger partial charge in [-0.25, -0.2) is 17.6 Å². The van der Waals surface area contributed by atoms with Gasteiger partial charge in [-0.05, 0) is 12.0 Å². The minimum atomic E-state index is -1.82. The van der Waals surface area contributed by atoms with Crippen LogP contribution < -0.4 is 11.1 Å². The quantitative estimate of drug-likeness (QED) is 0.164. The third-order valence-electron chi connectivity index (χ3n) is 3.53. The van der Waals surface area contributed by atoms with Crippen LogP contribution in [-0.4, -0.2) is 54.4 Å². The smallest absolute Gasteiger partial charge is 0.257 e. The molecular weight excluding hydrogens is 350 g/mol. The Morgan fingerprint density at radius 1 is 1.12 bits per heavy atom. The number of hydrogen-bond acceptors (Lipinski definition) is 4. The lowest BCUT2D eigenvalue weighted by molar-refractivity contribution is -0.889. The fourth-order valence-corrected chi connectivity index (χ4v) is 2.34. The number of nitrogens with two attached hydrogens (primary N) is 1. The summed E-state index contributed by atoms with van der Waals surface area (Å²) >= 11 is 0.731. The van der Waals surface area contributed by atoms with Gasteiger partial charge in [0, 0.05) is 12.2 Å². The summed E-state index contributed by atoms with van der Waals surface area (Å²) in [6.07, 6.45) is 0.736. The third kappa shape index (κ3) is 4.99. The molecule has 1 amide bonds. The van der Waals surface area contributed by atoms with Crippen molar-refractivity contribution in [3.63, 3.8) is 0 Å². The van der Waals surface area contributed by atoms with E-state index in [-0.39, 0.29) is 6.54 Å². The average Bonchev–Trinajstić information content (AvgIpc) is 2.51. The van der Waals surface area contributed by atoms with E-state index in [0.717, 1.165) is 18.5 Å². The summed E-state index contributed by atoms with van der Waals surface area (Å²) in [4.78, 5) is 11.8. The van der Waals surface area contributed by atoms with Crippen molar-refractivity contribution in [1.29, 1.82) is 0 Å². The van der Waals surface area contributed by atoms with Crippen molar-refractivity contribution >= 4 is 23.6 Å². The zero-order valence-corrected chi connectivity index (χ0v) is 14.2. The first-order valence-corrected chi connectivity index (χ1v) is 8.04. The molecule has 5 nitrogen and oxygen atoms in total. The second-order valence-corrected chi connectivity index (χ2v) is 6.54. The van der Waals surface area contributed by atoms with Crippen LogP contribution in [0.25, 0.3) is 0 Å². The lowest BCUT2D eigenvalue weighted by Crippen LogP contribution is -2.46. The number of carbonyl (C=O) groups is 1. The van der Waals surface area contributed by atoms with Crippen molar-refractivity contribution in [3.05, 3.63) is 28.8 Å². The van der Waals surface area contributed by atoms with Gasteiger partial charge in [-0.15, -0.1) is 0 Å². The van der Waals surface area contributed by atoms with Crippen LogP contribution in [0.3, 0.4) is 0 Å². The minimum Gasteiger partial charge on any atom is -0.394 e. The molecule has 0 saturated heterocycles. The number of amides is 1. The Morgan fingerprint density at radius 2 is 1.67 bits per heavy atom. The molecule has 1 aromatic carbocycles. The lowest BCUT2D eigenvalue weighted by atomic mass is 10.1. The summed E-state index contributed by atoms with van der Waals surface area (Å²) in [5, 5.41) is 2.24. The number of rotatable bonds is 8. The summed E-state index contributed by atoms with van der Waals surface area (Å²) in [7, 11) is 3.75. The molecule has 0 saturated carbocycles. The van der Waals surface area contributed by atoms with Gasteiger partial charge in [-0.2, -0.15) is 0 Å². The molecule has 0 unspecified atom stereocenters. The summed E-state index contributed by atoms with van der Waals surface area (Å²) < 4.78 is 63.2. The molecule has 0 heterocycles. The van der Waals surface area contributed by atoms with Crippen LogP contribution in [0.5, 0.6) is 0 Å². The highest BCUT2D eigenvalue weighted by atomic mass is 32.2. The van der Waals surface area contributed by atoms with Crippen LogP contribution in [0, 0.1) is 23.3 Å². The van der Waals surface area contributed by atoms with Crippen molar-refractivity contribution in [2.45, 2.75) is 6.42 Å². The number of nitrogens with one attached hydrogen (secondary N) is 1. The van der Waals surface area contributed by atoms with Gasteiger partial charge in [0.2, 0.25) is 0 Å². The fourth-order valence-electron chi connectivity index (χ4n) is 2.08. The lowest BCUT2D eigenvalue weighted by Gasteiger charge is -2.29. The summed E-state index contributed by atoms with van der Waals surface area (Å²) in [5.41, 5.74) is 2.25. The molecule has 4 N–H and O–H groups in total. The van der Waals surface area contributed by atoms with Crippen molar-refractivity contribution in [1.82, 2.24) is 5.32 Å². The Kier molecular flexibility index (Phi) is 7.30. The Hall–Kier alpha value is -1.52. The van der Waals surface area contributed by atoms with Crippen LogP contribution in [0.15, 0.2) is 0 Å². The van der Waals surface area contributed by atoms with Crippen LogP contribution >= 0.6 is 12.0 Å². The van der Waals surface area contributed by atoms with E-state index in [0.29, 0.717) is 23.3 Å². The number of quaternary nitrogens is 1. The van der Waals surface area contributed by atoms with E-state index in [1.165, 1.54) is 0 Å². The minimum absolute atomic E-state index is 0.0462. The zero-order chi connectivity index (χ0) is 18.5. The molecule has 10 heteroatoms. The van der Waals surface area contributed by atoms with Gasteiger partial charge in [0.05, 0.1) is 33.7 Å². The average molecular weight is 370 g/mol. The second kappa shape index (κ2) is 8.54. The zero-order valence-electron chi connectivity index (χ0n) is 13.3. The van der Waals surface area contributed by atoms with E-state index in [1.807, 2.05) is 14.1 Å². The van der Waals surface area contributed by atoms with Gasteiger partial charge in [-0.3, -0.25) is 4.79 Å². The molecular formula is C14H20F4N3O2S+. The first kappa shape index (κ1) is 20.5. The molecule has 136 valence electrons. The number of halogens is 4. The van der Waals surface area contributed by atoms with E-state index in [2.05, 4.69) is 5.32 Å². The largest absolute Gasteiger partial charge is 0.394 e. The second-order valence-electron chi connectivity index (χ2n) is 5.87. The maximum Gasteiger partial charge on any atom is 0.257 e. The molecule has 1 rings (SSSR count). The monoisotopic (exact) mass is 370 g/mol. The highest BCUT2D eigenvalue weighted by Gasteiger charge is 2.28. The Balaban J connectivity index is 2.73. The molecule has 0 aliphatic heterocycles. The number of likely N-dealkylation sites (N-methyl/N-ethyl adjacent to an activating group) is 1. The molecule has 1 aromatic rings. The maximum atomic E-state index is 13.7. The van der Waals surface area contributed by atoms with E-state index < -0.39 is 40.4 Å². The van der Waals surface area contributed by atoms with Gasteiger partial charge in [-0.1, -0.05) is 0 Å². The number of nitrogens with zero attached hydrogens (tertiary/aromatic N) is 1. The van der Waals surface area contributed by atoms with Gasteiger partial charge in [0.1, 0.15) is 11.3 Å². The van der Waals surface area contributed by atoms with Crippen molar-refractivity contribution in [3.8, 4) is 0 Å². The molecule has 0 aliphatic carbocycles. The fraction of sp³-hybridized carbons (Fsp3) is 0.500. The molecule has 0 aromatic heterocycles. The Labute approximate surface area is 141 Å². The van der Waals surface area contributed by atoms with E-state index in [1.54, 1.807) is 0 Å². The van der Waals surface area contributed by atoms with E-state index >= 15 is 0 Å². The van der Waals surface area contributed by atoms with E-state index in [9.17, 15) is 22.4 Å². The first-order valence-electron chi connectivity index (χ1n) is 7.10. The standard InChI is InChI=1S/C14H19F4N3O2S/c1-21(2,5-3-7-24-23)6-4-20-14(22)8-9(15)11(17)13(19)12(18)10(8)16/h3-7,19H2,1-2H3,(H-,20,22,23)/p+1. The van der Waals surface area contributed by atoms with Crippen LogP contribution in [-0.2, 0) is 0 Å². The van der Waals surface area contributed by atoms with Crippen molar-refractivity contribution in [2.75, 3.05) is 45.2 Å². The number of anilines is 1. The molecule has 0 bridgehead atoms. The SMILES string of the molecule is C[N+](C)(CCCSO)CCNC(=O)c1c(F)c(F)c(N)c(F)c1F. The number of hydrogen-bond donors (Lipinski definition) is 3. The molecule has 0 spiro atoms. The highest BCUT2D eigenvalue weighted by Crippen LogP contribution is 2.25. The summed E-state index contributed by atoms with van der Waals surface area (Å²) in [6, 6.07) is 0. The molecule has 24 heavy (non-hydrogen) atoms. The first-order chi connectivity index (χ1) is 11.1. The van der Waals surface area contributed by atoms with Crippen LogP contribution in [0.1, 0.15) is 16.8 Å². The number of benzene rings is 1. The Bertz CT molecular complexity index is 585. The van der Waals surface area contributed by atoms with E-state index in [4.69, 9.17) is 10.3 Å². The summed E-state index contributed by atoms with van der Waals surface area (Å²) in [5.74, 6) is -7.92. The maximum absolute atomic E-state index is 13.7. The predicted octanol–water partition coefficient (Wildman–Crippen LogP) is 2.23. The third-order valence-corrected chi connectivity index (χ3v) is 4.00. The Morgan fingerprint density at radius 3 is 2.17 bits per heavy atom. The van der Waals surface area contributed by atoms with Crippen LogP contribution in [0.4, 0.5) is 23.2 Å². The highest BCUT2D eigenvalue weighted by molar-refractivity contribution is 7.93. The predicted molar refractivity (Wildman–Crippen MR) is 84.6 cm³/mol. The molecule has 0 fully saturated rings. The van der Waals surface area contributed by atoms with Gasteiger partial charge in [0.15, 0.2) is 23.3 Å². The van der Waals surface area contributed by atoms with Gasteiger partial charge >= 0.3 is 0 Å². The molecule has 0 aliphatic rings.